The highest BCUT2D eigenvalue weighted by Gasteiger charge is 2.02. The van der Waals surface area contributed by atoms with Crippen LogP contribution in [0.1, 0.15) is 32.6 Å². The topological polar surface area (TPSA) is 64.3 Å². The van der Waals surface area contributed by atoms with Crippen LogP contribution in [0.5, 0.6) is 5.75 Å². The number of hydrogen-bond acceptors (Lipinski definition) is 3. The number of rotatable bonds is 8. The van der Waals surface area contributed by atoms with E-state index in [1.807, 2.05) is 24.3 Å². The number of halogens is 1. The van der Waals surface area contributed by atoms with Crippen molar-refractivity contribution in [3.05, 3.63) is 24.3 Å². The number of carbonyl (C=O) groups excluding carboxylic acids is 1. The monoisotopic (exact) mass is 286 g/mol. The van der Waals surface area contributed by atoms with Crippen LogP contribution in [0.3, 0.4) is 0 Å². The van der Waals surface area contributed by atoms with E-state index in [0.717, 1.165) is 24.3 Å². The fraction of sp³-hybridized carbons (Fsp3) is 0.500. The molecule has 1 aromatic rings. The summed E-state index contributed by atoms with van der Waals surface area (Å²) in [6.07, 6.45) is 3.30. The Morgan fingerprint density at radius 1 is 1.37 bits per heavy atom. The van der Waals surface area contributed by atoms with Gasteiger partial charge in [-0.1, -0.05) is 19.4 Å². The molecule has 3 N–H and O–H groups in total. The maximum Gasteiger partial charge on any atom is 0.224 e. The number of hydrogen-bond donors (Lipinski definition) is 2. The molecule has 0 spiro atoms. The van der Waals surface area contributed by atoms with Gasteiger partial charge in [-0.05, 0) is 31.5 Å². The summed E-state index contributed by atoms with van der Waals surface area (Å²) in [6.45, 7) is 3.37. The highest BCUT2D eigenvalue weighted by Crippen LogP contribution is 2.17. The number of ether oxygens (including phenoxy) is 1. The second kappa shape index (κ2) is 10.6. The van der Waals surface area contributed by atoms with Crippen molar-refractivity contribution in [1.29, 1.82) is 0 Å². The van der Waals surface area contributed by atoms with Crippen LogP contribution in [0.25, 0.3) is 0 Å². The molecule has 0 atom stereocenters. The Kier molecular flexibility index (Phi) is 9.94. The van der Waals surface area contributed by atoms with Gasteiger partial charge in [-0.15, -0.1) is 12.4 Å². The Morgan fingerprint density at radius 2 is 2.16 bits per heavy atom. The highest BCUT2D eigenvalue weighted by atomic mass is 35.5. The molecule has 0 bridgehead atoms. The van der Waals surface area contributed by atoms with Crippen LogP contribution in [0.4, 0.5) is 5.69 Å². The first kappa shape index (κ1) is 17.7. The molecule has 0 aliphatic heterocycles. The molecule has 0 aliphatic carbocycles. The summed E-state index contributed by atoms with van der Waals surface area (Å²) in [5, 5.41) is 2.83. The smallest absolute Gasteiger partial charge is 0.224 e. The molecule has 0 aromatic heterocycles. The van der Waals surface area contributed by atoms with E-state index in [9.17, 15) is 4.79 Å². The lowest BCUT2D eigenvalue weighted by Gasteiger charge is -2.08. The molecule has 4 nitrogen and oxygen atoms in total. The number of anilines is 1. The molecule has 0 fully saturated rings. The Bertz CT molecular complexity index is 372. The van der Waals surface area contributed by atoms with Crippen LogP contribution >= 0.6 is 12.4 Å². The largest absolute Gasteiger partial charge is 0.494 e. The predicted octanol–water partition coefficient (Wildman–Crippen LogP) is 2.96. The Balaban J connectivity index is 0.00000324. The summed E-state index contributed by atoms with van der Waals surface area (Å²) in [7, 11) is 0. The van der Waals surface area contributed by atoms with E-state index in [2.05, 4.69) is 12.2 Å². The molecule has 5 heteroatoms. The van der Waals surface area contributed by atoms with Gasteiger partial charge in [-0.2, -0.15) is 0 Å². The maximum absolute atomic E-state index is 11.5. The molecule has 108 valence electrons. The summed E-state index contributed by atoms with van der Waals surface area (Å²) in [5.41, 5.74) is 6.13. The van der Waals surface area contributed by atoms with Gasteiger partial charge in [-0.3, -0.25) is 4.79 Å². The van der Waals surface area contributed by atoms with Crippen molar-refractivity contribution in [2.24, 2.45) is 5.73 Å². The normalized spacial score (nSPS) is 9.58. The second-order valence-electron chi connectivity index (χ2n) is 4.17. The van der Waals surface area contributed by atoms with Crippen LogP contribution in [0.15, 0.2) is 24.3 Å². The van der Waals surface area contributed by atoms with E-state index in [0.29, 0.717) is 26.0 Å². The first-order chi connectivity index (χ1) is 8.76. The third-order valence-electron chi connectivity index (χ3n) is 2.49. The number of nitrogens with two attached hydrogens (primary N) is 1. The van der Waals surface area contributed by atoms with Crippen molar-refractivity contribution in [1.82, 2.24) is 0 Å². The Hall–Kier alpha value is -1.26. The van der Waals surface area contributed by atoms with Crippen molar-refractivity contribution in [3.8, 4) is 5.75 Å². The molecule has 0 unspecified atom stereocenters. The van der Waals surface area contributed by atoms with E-state index in [4.69, 9.17) is 10.5 Å². The lowest BCUT2D eigenvalue weighted by atomic mass is 10.2. The van der Waals surface area contributed by atoms with E-state index < -0.39 is 0 Å². The molecule has 0 heterocycles. The Morgan fingerprint density at radius 3 is 2.84 bits per heavy atom. The van der Waals surface area contributed by atoms with Gasteiger partial charge in [-0.25, -0.2) is 0 Å². The number of unbranched alkanes of at least 4 members (excludes halogenated alkanes) is 1. The first-order valence-electron chi connectivity index (χ1n) is 6.49. The first-order valence-corrected chi connectivity index (χ1v) is 6.49. The molecule has 0 saturated carbocycles. The second-order valence-corrected chi connectivity index (χ2v) is 4.17. The SMILES string of the molecule is CCCCOc1cccc(NC(=O)CCCN)c1.Cl. The molecule has 0 saturated heterocycles. The van der Waals surface area contributed by atoms with Gasteiger partial charge < -0.3 is 15.8 Å². The van der Waals surface area contributed by atoms with Gasteiger partial charge in [0.25, 0.3) is 0 Å². The molecule has 1 aromatic carbocycles. The molecule has 19 heavy (non-hydrogen) atoms. The lowest BCUT2D eigenvalue weighted by molar-refractivity contribution is -0.116. The summed E-state index contributed by atoms with van der Waals surface area (Å²) in [6, 6.07) is 7.47. The van der Waals surface area contributed by atoms with Gasteiger partial charge in [0.2, 0.25) is 5.91 Å². The minimum absolute atomic E-state index is 0. The maximum atomic E-state index is 11.5. The van der Waals surface area contributed by atoms with E-state index in [1.54, 1.807) is 0 Å². The van der Waals surface area contributed by atoms with Gasteiger partial charge in [0.1, 0.15) is 5.75 Å². The fourth-order valence-corrected chi connectivity index (χ4v) is 1.48. The van der Waals surface area contributed by atoms with E-state index >= 15 is 0 Å². The van der Waals surface area contributed by atoms with E-state index in [1.165, 1.54) is 0 Å². The molecule has 0 radical (unpaired) electrons. The van der Waals surface area contributed by atoms with Gasteiger partial charge in [0.15, 0.2) is 0 Å². The number of nitrogens with one attached hydrogen (secondary N) is 1. The minimum atomic E-state index is -0.00819. The zero-order valence-corrected chi connectivity index (χ0v) is 12.2. The van der Waals surface area contributed by atoms with Crippen LogP contribution in [0.2, 0.25) is 0 Å². The average Bonchev–Trinajstić information content (AvgIpc) is 2.37. The van der Waals surface area contributed by atoms with Crippen LogP contribution in [0, 0.1) is 0 Å². The van der Waals surface area contributed by atoms with Gasteiger partial charge in [0.05, 0.1) is 6.61 Å². The zero-order chi connectivity index (χ0) is 13.2. The average molecular weight is 287 g/mol. The van der Waals surface area contributed by atoms with E-state index in [-0.39, 0.29) is 18.3 Å². The molecule has 0 aliphatic rings. The molecule has 1 rings (SSSR count). The zero-order valence-electron chi connectivity index (χ0n) is 11.4. The van der Waals surface area contributed by atoms with Gasteiger partial charge >= 0.3 is 0 Å². The summed E-state index contributed by atoms with van der Waals surface area (Å²) in [4.78, 5) is 11.5. The third kappa shape index (κ3) is 7.70. The summed E-state index contributed by atoms with van der Waals surface area (Å²) < 4.78 is 5.58. The van der Waals surface area contributed by atoms with Crippen molar-refractivity contribution in [2.45, 2.75) is 32.6 Å². The van der Waals surface area contributed by atoms with Gasteiger partial charge in [0, 0.05) is 18.2 Å². The Labute approximate surface area is 121 Å². The molecular formula is C14H23ClN2O2. The standard InChI is InChI=1S/C14H22N2O2.ClH/c1-2-3-10-18-13-7-4-6-12(11-13)16-14(17)8-5-9-15;/h4,6-7,11H,2-3,5,8-10,15H2,1H3,(H,16,17);1H. The van der Waals surface area contributed by atoms with Crippen molar-refractivity contribution in [2.75, 3.05) is 18.5 Å². The van der Waals surface area contributed by atoms with Crippen molar-refractivity contribution >= 4 is 24.0 Å². The minimum Gasteiger partial charge on any atom is -0.494 e. The highest BCUT2D eigenvalue weighted by molar-refractivity contribution is 5.90. The quantitative estimate of drug-likeness (QED) is 0.722. The van der Waals surface area contributed by atoms with Crippen molar-refractivity contribution < 1.29 is 9.53 Å². The fourth-order valence-electron chi connectivity index (χ4n) is 1.48. The predicted molar refractivity (Wildman–Crippen MR) is 81.0 cm³/mol. The summed E-state index contributed by atoms with van der Waals surface area (Å²) >= 11 is 0. The number of amides is 1. The molecular weight excluding hydrogens is 264 g/mol. The van der Waals surface area contributed by atoms with Crippen molar-refractivity contribution in [3.63, 3.8) is 0 Å². The van der Waals surface area contributed by atoms with Crippen LogP contribution < -0.4 is 15.8 Å². The number of benzene rings is 1. The van der Waals surface area contributed by atoms with Crippen LogP contribution in [-0.2, 0) is 4.79 Å². The summed E-state index contributed by atoms with van der Waals surface area (Å²) in [5.74, 6) is 0.784. The lowest BCUT2D eigenvalue weighted by Crippen LogP contribution is -2.13. The number of carbonyl (C=O) groups is 1. The molecule has 1 amide bonds. The third-order valence-corrected chi connectivity index (χ3v) is 2.49. The van der Waals surface area contributed by atoms with Crippen LogP contribution in [-0.4, -0.2) is 19.1 Å².